The van der Waals surface area contributed by atoms with Gasteiger partial charge in [0.1, 0.15) is 5.75 Å². The van der Waals surface area contributed by atoms with Crippen LogP contribution in [0.5, 0.6) is 5.75 Å². The van der Waals surface area contributed by atoms with Crippen molar-refractivity contribution in [3.05, 3.63) is 52.2 Å². The Labute approximate surface area is 209 Å². The number of carboxylic acids is 1. The largest absolute Gasteiger partial charge is 0.491 e. The number of urea groups is 1. The number of halogens is 3. The van der Waals surface area contributed by atoms with Gasteiger partial charge >= 0.3 is 12.0 Å². The summed E-state index contributed by atoms with van der Waals surface area (Å²) in [6, 6.07) is 4.79. The number of amides is 2. The van der Waals surface area contributed by atoms with Crippen molar-refractivity contribution < 1.29 is 28.2 Å². The maximum Gasteiger partial charge on any atom is 0.331 e. The van der Waals surface area contributed by atoms with Gasteiger partial charge in [-0.1, -0.05) is 38.4 Å². The number of aliphatic carboxylic acids is 1. The van der Waals surface area contributed by atoms with E-state index in [2.05, 4.69) is 5.32 Å². The summed E-state index contributed by atoms with van der Waals surface area (Å²) in [7, 11) is 0. The van der Waals surface area contributed by atoms with Crippen LogP contribution in [0.3, 0.4) is 0 Å². The van der Waals surface area contributed by atoms with Crippen LogP contribution in [0.25, 0.3) is 0 Å². The number of nitrogens with one attached hydrogen (secondary N) is 1. The van der Waals surface area contributed by atoms with E-state index in [0.29, 0.717) is 28.5 Å². The summed E-state index contributed by atoms with van der Waals surface area (Å²) < 4.78 is 33.6. The first kappa shape index (κ1) is 25.5. The SMILES string of the molecule is CC(C)(C)COc1ccc([C@]2(C)NC(=O)N(C3(C)C=C(C(=O)O)C3)C=C2C2CC(F)(F)C2)cc1Cl. The molecule has 0 spiro atoms. The van der Waals surface area contributed by atoms with Crippen molar-refractivity contribution in [2.45, 2.75) is 70.9 Å². The number of carbonyl (C=O) groups is 2. The molecule has 4 rings (SSSR count). The van der Waals surface area contributed by atoms with Gasteiger partial charge in [-0.05, 0) is 54.5 Å². The maximum atomic E-state index is 13.9. The Kier molecular flexibility index (Phi) is 5.98. The van der Waals surface area contributed by atoms with Gasteiger partial charge in [0.05, 0.1) is 22.7 Å². The quantitative estimate of drug-likeness (QED) is 0.486. The Morgan fingerprint density at radius 3 is 2.43 bits per heavy atom. The molecule has 0 aromatic heterocycles. The molecule has 1 fully saturated rings. The van der Waals surface area contributed by atoms with E-state index in [0.717, 1.165) is 0 Å². The lowest BCUT2D eigenvalue weighted by atomic mass is 9.67. The van der Waals surface area contributed by atoms with E-state index < -0.39 is 34.9 Å². The fourth-order valence-electron chi connectivity index (χ4n) is 4.93. The average Bonchev–Trinajstić information content (AvgIpc) is 2.68. The molecule has 1 aromatic carbocycles. The first-order chi connectivity index (χ1) is 16.0. The Balaban J connectivity index is 1.70. The zero-order chi connectivity index (χ0) is 26.0. The van der Waals surface area contributed by atoms with Crippen LogP contribution in [0.1, 0.15) is 59.4 Å². The predicted octanol–water partition coefficient (Wildman–Crippen LogP) is 6.11. The average molecular weight is 509 g/mol. The summed E-state index contributed by atoms with van der Waals surface area (Å²) in [5.74, 6) is -3.72. The Morgan fingerprint density at radius 2 is 1.91 bits per heavy atom. The van der Waals surface area contributed by atoms with Gasteiger partial charge in [-0.15, -0.1) is 0 Å². The zero-order valence-corrected chi connectivity index (χ0v) is 21.3. The molecule has 35 heavy (non-hydrogen) atoms. The van der Waals surface area contributed by atoms with Crippen LogP contribution in [0.15, 0.2) is 41.6 Å². The van der Waals surface area contributed by atoms with Crippen molar-refractivity contribution >= 4 is 23.6 Å². The van der Waals surface area contributed by atoms with Crippen LogP contribution >= 0.6 is 11.6 Å². The Hall–Kier alpha value is -2.61. The lowest BCUT2D eigenvalue weighted by molar-refractivity contribution is -0.133. The van der Waals surface area contributed by atoms with Crippen LogP contribution in [0.4, 0.5) is 13.6 Å². The van der Waals surface area contributed by atoms with Gasteiger partial charge in [0.15, 0.2) is 0 Å². The van der Waals surface area contributed by atoms with Crippen molar-refractivity contribution in [3.63, 3.8) is 0 Å². The number of hydrogen-bond donors (Lipinski definition) is 2. The molecule has 1 heterocycles. The monoisotopic (exact) mass is 508 g/mol. The second-order valence-electron chi connectivity index (χ2n) is 11.5. The zero-order valence-electron chi connectivity index (χ0n) is 20.5. The minimum atomic E-state index is -2.75. The van der Waals surface area contributed by atoms with E-state index in [1.165, 1.54) is 11.0 Å². The molecule has 0 saturated heterocycles. The number of alkyl halides is 2. The third kappa shape index (κ3) is 4.77. The smallest absolute Gasteiger partial charge is 0.331 e. The van der Waals surface area contributed by atoms with E-state index in [1.54, 1.807) is 38.2 Å². The third-order valence-corrected chi connectivity index (χ3v) is 7.28. The van der Waals surface area contributed by atoms with Crippen molar-refractivity contribution in [2.75, 3.05) is 6.61 Å². The highest BCUT2D eigenvalue weighted by molar-refractivity contribution is 6.32. The molecule has 2 atom stereocenters. The number of ether oxygens (including phenoxy) is 1. The molecule has 1 aliphatic heterocycles. The van der Waals surface area contributed by atoms with E-state index in [-0.39, 0.29) is 30.3 Å². The molecule has 3 aliphatic rings. The van der Waals surface area contributed by atoms with E-state index in [9.17, 15) is 23.5 Å². The van der Waals surface area contributed by atoms with Gasteiger partial charge in [-0.25, -0.2) is 18.4 Å². The van der Waals surface area contributed by atoms with Crippen LogP contribution in [0, 0.1) is 11.3 Å². The lowest BCUT2D eigenvalue weighted by Gasteiger charge is -2.52. The second-order valence-corrected chi connectivity index (χ2v) is 11.9. The minimum absolute atomic E-state index is 0.0628. The molecule has 6 nitrogen and oxygen atoms in total. The summed E-state index contributed by atoms with van der Waals surface area (Å²) >= 11 is 6.52. The summed E-state index contributed by atoms with van der Waals surface area (Å²) in [6.07, 6.45) is 2.70. The fourth-order valence-corrected chi connectivity index (χ4v) is 5.17. The van der Waals surface area contributed by atoms with E-state index in [4.69, 9.17) is 16.3 Å². The molecular formula is C26H31ClF2N2O4. The molecule has 2 aliphatic carbocycles. The van der Waals surface area contributed by atoms with Crippen LogP contribution in [-0.4, -0.2) is 40.1 Å². The third-order valence-electron chi connectivity index (χ3n) is 6.98. The van der Waals surface area contributed by atoms with Crippen LogP contribution in [-0.2, 0) is 10.3 Å². The van der Waals surface area contributed by atoms with Crippen molar-refractivity contribution in [3.8, 4) is 5.75 Å². The number of hydrogen-bond acceptors (Lipinski definition) is 3. The number of carbonyl (C=O) groups excluding carboxylic acids is 1. The molecule has 0 radical (unpaired) electrons. The highest BCUT2D eigenvalue weighted by Gasteiger charge is 2.54. The Bertz CT molecular complexity index is 1130. The molecule has 9 heteroatoms. The van der Waals surface area contributed by atoms with Crippen LogP contribution in [0.2, 0.25) is 5.02 Å². The van der Waals surface area contributed by atoms with Gasteiger partial charge in [0, 0.05) is 31.0 Å². The molecule has 1 aromatic rings. The Morgan fingerprint density at radius 1 is 1.29 bits per heavy atom. The lowest BCUT2D eigenvalue weighted by Crippen LogP contribution is -2.62. The molecule has 1 saturated carbocycles. The van der Waals surface area contributed by atoms with Crippen molar-refractivity contribution in [1.82, 2.24) is 10.2 Å². The van der Waals surface area contributed by atoms with Crippen molar-refractivity contribution in [2.24, 2.45) is 11.3 Å². The van der Waals surface area contributed by atoms with Gasteiger partial charge in [0.2, 0.25) is 5.92 Å². The first-order valence-corrected chi connectivity index (χ1v) is 12.0. The number of rotatable bonds is 6. The van der Waals surface area contributed by atoms with Gasteiger partial charge < -0.3 is 15.2 Å². The maximum absolute atomic E-state index is 13.9. The summed E-state index contributed by atoms with van der Waals surface area (Å²) in [5.41, 5.74) is -0.468. The second kappa shape index (κ2) is 8.22. The summed E-state index contributed by atoms with van der Waals surface area (Å²) in [5, 5.41) is 12.6. The molecule has 2 N–H and O–H groups in total. The molecule has 2 amide bonds. The van der Waals surface area contributed by atoms with Gasteiger partial charge in [-0.2, -0.15) is 0 Å². The highest BCUT2D eigenvalue weighted by Crippen LogP contribution is 2.53. The van der Waals surface area contributed by atoms with E-state index in [1.807, 2.05) is 20.8 Å². The predicted molar refractivity (Wildman–Crippen MR) is 129 cm³/mol. The molecule has 190 valence electrons. The minimum Gasteiger partial charge on any atom is -0.491 e. The summed E-state index contributed by atoms with van der Waals surface area (Å²) in [4.78, 5) is 26.0. The normalized spacial score (nSPS) is 28.3. The highest BCUT2D eigenvalue weighted by atomic mass is 35.5. The molecule has 1 unspecified atom stereocenters. The standard InChI is InChI=1S/C26H31ClF2N2O4/c1-23(2,3)14-35-20-7-6-17(8-19(20)27)25(5)18(15-11-26(28,29)12-15)13-31(22(34)30-25)24(4)9-16(10-24)21(32)33/h6-9,13,15H,10-12,14H2,1-5H3,(H,30,34)(H,32,33)/t24?,25-/m0/s1. The van der Waals surface area contributed by atoms with Crippen LogP contribution < -0.4 is 10.1 Å². The molecule has 0 bridgehead atoms. The number of carboxylic acid groups (broad SMARTS) is 1. The first-order valence-electron chi connectivity index (χ1n) is 11.6. The van der Waals surface area contributed by atoms with Gasteiger partial charge in [0.25, 0.3) is 0 Å². The van der Waals surface area contributed by atoms with Gasteiger partial charge in [-0.3, -0.25) is 4.90 Å². The summed E-state index contributed by atoms with van der Waals surface area (Å²) in [6.45, 7) is 10.1. The van der Waals surface area contributed by atoms with Crippen molar-refractivity contribution in [1.29, 1.82) is 0 Å². The number of nitrogens with zero attached hydrogens (tertiary/aromatic N) is 1. The molecular weight excluding hydrogens is 478 g/mol. The van der Waals surface area contributed by atoms with E-state index >= 15 is 0 Å². The number of benzene rings is 1. The fraction of sp³-hybridized carbons (Fsp3) is 0.538. The topological polar surface area (TPSA) is 78.9 Å².